The van der Waals surface area contributed by atoms with Crippen LogP contribution in [0.25, 0.3) is 0 Å². The lowest BCUT2D eigenvalue weighted by Crippen LogP contribution is -2.33. The van der Waals surface area contributed by atoms with Crippen LogP contribution in [0.2, 0.25) is 0 Å². The van der Waals surface area contributed by atoms with Crippen LogP contribution in [0.4, 0.5) is 4.79 Å². The second-order valence-electron chi connectivity index (χ2n) is 4.95. The standard InChI is InChI=1S/C15H19N3O2S/c16-12-18-21-8-6-13(7-9-21)10-17-15(19)20-11-14-4-2-1-3-5-14/h1-5,13H,6-11H2,(H,17,19). The predicted molar refractivity (Wildman–Crippen MR) is 82.5 cm³/mol. The number of rotatable bonds is 4. The third kappa shape index (κ3) is 5.56. The van der Waals surface area contributed by atoms with Gasteiger partial charge in [0.05, 0.1) is 0 Å². The number of nitriles is 1. The maximum atomic E-state index is 11.6. The number of amides is 1. The summed E-state index contributed by atoms with van der Waals surface area (Å²) in [7, 11) is -0.0880. The molecule has 2 rings (SSSR count). The van der Waals surface area contributed by atoms with Gasteiger partial charge in [-0.1, -0.05) is 41.0 Å². The summed E-state index contributed by atoms with van der Waals surface area (Å²) in [6, 6.07) is 9.62. The van der Waals surface area contributed by atoms with Gasteiger partial charge < -0.3 is 10.1 Å². The molecule has 0 radical (unpaired) electrons. The Labute approximate surface area is 127 Å². The molecule has 0 saturated carbocycles. The van der Waals surface area contributed by atoms with Crippen LogP contribution >= 0.6 is 0 Å². The molecule has 1 N–H and O–H groups in total. The van der Waals surface area contributed by atoms with Gasteiger partial charge in [0.15, 0.2) is 0 Å². The van der Waals surface area contributed by atoms with Crippen molar-refractivity contribution in [3.05, 3.63) is 35.9 Å². The zero-order valence-corrected chi connectivity index (χ0v) is 12.6. The smallest absolute Gasteiger partial charge is 0.407 e. The maximum absolute atomic E-state index is 11.6. The number of hydrogen-bond donors (Lipinski definition) is 1. The van der Waals surface area contributed by atoms with Gasteiger partial charge in [0.1, 0.15) is 6.61 Å². The molecule has 0 aliphatic carbocycles. The highest BCUT2D eigenvalue weighted by molar-refractivity contribution is 7.87. The van der Waals surface area contributed by atoms with Crippen LogP contribution in [0.5, 0.6) is 0 Å². The second kappa shape index (κ2) is 8.42. The first-order valence-corrected chi connectivity index (χ1v) is 8.52. The Hall–Kier alpha value is -1.87. The van der Waals surface area contributed by atoms with Gasteiger partial charge in [-0.3, -0.25) is 0 Å². The summed E-state index contributed by atoms with van der Waals surface area (Å²) in [5.41, 5.74) is 0.979. The summed E-state index contributed by atoms with van der Waals surface area (Å²) in [6.07, 6.45) is 3.53. The van der Waals surface area contributed by atoms with Crippen molar-refractivity contribution in [1.29, 1.82) is 5.26 Å². The number of nitrogens with zero attached hydrogens (tertiary/aromatic N) is 2. The lowest BCUT2D eigenvalue weighted by Gasteiger charge is -2.23. The summed E-state index contributed by atoms with van der Waals surface area (Å²) in [4.78, 5) is 11.6. The topological polar surface area (TPSA) is 74.5 Å². The fraction of sp³-hybridized carbons (Fsp3) is 0.467. The van der Waals surface area contributed by atoms with E-state index in [1.807, 2.05) is 36.5 Å². The normalized spacial score (nSPS) is 21.1. The fourth-order valence-corrected chi connectivity index (χ4v) is 3.92. The molecule has 6 heteroatoms. The second-order valence-corrected chi connectivity index (χ2v) is 6.87. The first kappa shape index (κ1) is 15.5. The molecule has 1 saturated heterocycles. The highest BCUT2D eigenvalue weighted by Gasteiger charge is 2.17. The summed E-state index contributed by atoms with van der Waals surface area (Å²) in [5.74, 6) is 2.38. The van der Waals surface area contributed by atoms with Crippen molar-refractivity contribution in [2.75, 3.05) is 18.1 Å². The van der Waals surface area contributed by atoms with Crippen LogP contribution < -0.4 is 5.32 Å². The number of carbonyl (C=O) groups excluding carboxylic acids is 1. The highest BCUT2D eigenvalue weighted by atomic mass is 32.2. The molecular formula is C15H19N3O2S. The van der Waals surface area contributed by atoms with Crippen LogP contribution in [-0.2, 0) is 22.0 Å². The predicted octanol–water partition coefficient (Wildman–Crippen LogP) is 2.61. The first-order chi connectivity index (χ1) is 10.3. The van der Waals surface area contributed by atoms with Crippen LogP contribution in [0.3, 0.4) is 0 Å². The molecule has 1 aliphatic rings. The lowest BCUT2D eigenvalue weighted by molar-refractivity contribution is 0.137. The van der Waals surface area contributed by atoms with Crippen LogP contribution in [0.1, 0.15) is 18.4 Å². The van der Waals surface area contributed by atoms with Gasteiger partial charge in [0.2, 0.25) is 6.19 Å². The molecular weight excluding hydrogens is 286 g/mol. The summed E-state index contributed by atoms with van der Waals surface area (Å²) < 4.78 is 9.07. The van der Waals surface area contributed by atoms with Crippen LogP contribution in [0.15, 0.2) is 34.7 Å². The van der Waals surface area contributed by atoms with E-state index >= 15 is 0 Å². The Balaban J connectivity index is 1.64. The monoisotopic (exact) mass is 305 g/mol. The Morgan fingerprint density at radius 2 is 2.10 bits per heavy atom. The van der Waals surface area contributed by atoms with Gasteiger partial charge in [-0.2, -0.15) is 9.62 Å². The SMILES string of the molecule is N#CN=S1CCC(CNC(=O)OCc2ccccc2)CC1. The molecule has 1 aliphatic heterocycles. The quantitative estimate of drug-likeness (QED) is 0.869. The Morgan fingerprint density at radius 1 is 1.38 bits per heavy atom. The molecule has 1 fully saturated rings. The van der Waals surface area contributed by atoms with Crippen LogP contribution in [0, 0.1) is 17.4 Å². The van der Waals surface area contributed by atoms with E-state index in [0.29, 0.717) is 19.1 Å². The average Bonchev–Trinajstić information content (AvgIpc) is 2.53. The molecule has 1 aromatic rings. The fourth-order valence-electron chi connectivity index (χ4n) is 2.21. The molecule has 0 atom stereocenters. The van der Waals surface area contributed by atoms with Crippen molar-refractivity contribution in [1.82, 2.24) is 5.32 Å². The minimum Gasteiger partial charge on any atom is -0.445 e. The van der Waals surface area contributed by atoms with Crippen molar-refractivity contribution in [3.8, 4) is 6.19 Å². The third-order valence-electron chi connectivity index (χ3n) is 3.44. The molecule has 5 nitrogen and oxygen atoms in total. The van der Waals surface area contributed by atoms with E-state index in [0.717, 1.165) is 29.9 Å². The number of ether oxygens (including phenoxy) is 1. The van der Waals surface area contributed by atoms with Gasteiger partial charge in [-0.05, 0) is 24.3 Å². The molecule has 1 heterocycles. The molecule has 112 valence electrons. The van der Waals surface area contributed by atoms with E-state index in [1.54, 1.807) is 0 Å². The largest absolute Gasteiger partial charge is 0.445 e. The summed E-state index contributed by atoms with van der Waals surface area (Å²) in [6.45, 7) is 0.930. The highest BCUT2D eigenvalue weighted by Crippen LogP contribution is 2.17. The van der Waals surface area contributed by atoms with Gasteiger partial charge in [0, 0.05) is 18.1 Å². The van der Waals surface area contributed by atoms with E-state index in [4.69, 9.17) is 10.00 Å². The van der Waals surface area contributed by atoms with Crippen LogP contribution in [-0.4, -0.2) is 24.1 Å². The number of benzene rings is 1. The van der Waals surface area contributed by atoms with Gasteiger partial charge in [0.25, 0.3) is 0 Å². The van der Waals surface area contributed by atoms with Crippen molar-refractivity contribution < 1.29 is 9.53 Å². The Bertz CT molecular complexity index is 530. The average molecular weight is 305 g/mol. The van der Waals surface area contributed by atoms with E-state index in [1.165, 1.54) is 0 Å². The van der Waals surface area contributed by atoms with Crippen molar-refractivity contribution in [3.63, 3.8) is 0 Å². The number of alkyl carbamates (subject to hydrolysis) is 1. The maximum Gasteiger partial charge on any atom is 0.407 e. The molecule has 21 heavy (non-hydrogen) atoms. The van der Waals surface area contributed by atoms with Gasteiger partial charge >= 0.3 is 6.09 Å². The summed E-state index contributed by atoms with van der Waals surface area (Å²) in [5, 5.41) is 11.3. The minimum absolute atomic E-state index is 0.0880. The molecule has 1 aromatic carbocycles. The van der Waals surface area contributed by atoms with E-state index in [2.05, 4.69) is 9.68 Å². The number of carbonyl (C=O) groups is 1. The zero-order chi connectivity index (χ0) is 14.9. The first-order valence-electron chi connectivity index (χ1n) is 7.00. The van der Waals surface area contributed by atoms with Crippen molar-refractivity contribution in [2.24, 2.45) is 10.3 Å². The minimum atomic E-state index is -0.370. The number of hydrogen-bond acceptors (Lipinski definition) is 4. The number of nitrogens with one attached hydrogen (secondary N) is 1. The van der Waals surface area contributed by atoms with Crippen molar-refractivity contribution in [2.45, 2.75) is 19.4 Å². The summed E-state index contributed by atoms with van der Waals surface area (Å²) >= 11 is 0. The molecule has 0 aromatic heterocycles. The van der Waals surface area contributed by atoms with E-state index < -0.39 is 0 Å². The van der Waals surface area contributed by atoms with Gasteiger partial charge in [-0.25, -0.2) is 4.79 Å². The Morgan fingerprint density at radius 3 is 2.76 bits per heavy atom. The van der Waals surface area contributed by atoms with E-state index in [9.17, 15) is 4.79 Å². The lowest BCUT2D eigenvalue weighted by atomic mass is 10.0. The van der Waals surface area contributed by atoms with Gasteiger partial charge in [-0.15, -0.1) is 0 Å². The zero-order valence-electron chi connectivity index (χ0n) is 11.8. The molecule has 0 spiro atoms. The molecule has 0 unspecified atom stereocenters. The van der Waals surface area contributed by atoms with Crippen molar-refractivity contribution >= 4 is 16.8 Å². The molecule has 0 bridgehead atoms. The Kier molecular flexibility index (Phi) is 6.22. The molecule has 1 amide bonds. The van der Waals surface area contributed by atoms with E-state index in [-0.39, 0.29) is 16.8 Å². The third-order valence-corrected chi connectivity index (χ3v) is 5.19.